The van der Waals surface area contributed by atoms with E-state index in [1.807, 2.05) is 31.2 Å². The summed E-state index contributed by atoms with van der Waals surface area (Å²) in [7, 11) is 1.67. The highest BCUT2D eigenvalue weighted by Crippen LogP contribution is 2.09. The number of benzene rings is 1. The molecule has 0 aliphatic rings. The number of methoxy groups -OCH3 is 1. The van der Waals surface area contributed by atoms with Gasteiger partial charge in [-0.3, -0.25) is 4.79 Å². The minimum Gasteiger partial charge on any atom is -0.380 e. The van der Waals surface area contributed by atoms with E-state index >= 15 is 0 Å². The van der Waals surface area contributed by atoms with Gasteiger partial charge in [0.25, 0.3) is 0 Å². The summed E-state index contributed by atoms with van der Waals surface area (Å²) >= 11 is 0. The largest absolute Gasteiger partial charge is 0.380 e. The van der Waals surface area contributed by atoms with Crippen molar-refractivity contribution in [2.75, 3.05) is 20.2 Å². The molecule has 0 saturated heterocycles. The Morgan fingerprint density at radius 2 is 2.00 bits per heavy atom. The number of nitrogens with one attached hydrogen (secondary N) is 2. The van der Waals surface area contributed by atoms with Crippen LogP contribution in [-0.4, -0.2) is 26.1 Å². The van der Waals surface area contributed by atoms with Crippen molar-refractivity contribution in [3.05, 3.63) is 35.4 Å². The van der Waals surface area contributed by atoms with Crippen molar-refractivity contribution in [1.29, 1.82) is 0 Å². The molecule has 0 saturated carbocycles. The smallest absolute Gasteiger partial charge is 0.234 e. The molecule has 0 aliphatic carbocycles. The molecule has 0 radical (unpaired) electrons. The number of likely N-dealkylation sites (N-methyl/N-ethyl adjacent to an activating group) is 1. The number of carbonyl (C=O) groups excluding carboxylic acids is 1. The van der Waals surface area contributed by atoms with Gasteiger partial charge in [0, 0.05) is 13.7 Å². The Morgan fingerprint density at radius 1 is 1.29 bits per heavy atom. The molecular formula is C13H20N2O2. The lowest BCUT2D eigenvalue weighted by molar-refractivity contribution is -0.120. The third-order valence-corrected chi connectivity index (χ3v) is 2.43. The minimum absolute atomic E-state index is 0.0130. The van der Waals surface area contributed by atoms with Crippen molar-refractivity contribution in [1.82, 2.24) is 10.6 Å². The molecule has 17 heavy (non-hydrogen) atoms. The molecule has 2 N–H and O–H groups in total. The second kappa shape index (κ2) is 7.81. The molecular weight excluding hydrogens is 216 g/mol. The fraction of sp³-hybridized carbons (Fsp3) is 0.462. The van der Waals surface area contributed by atoms with Crippen LogP contribution < -0.4 is 10.6 Å². The molecule has 4 nitrogen and oxygen atoms in total. The summed E-state index contributed by atoms with van der Waals surface area (Å²) in [5, 5.41) is 5.86. The Bertz CT molecular complexity index is 353. The second-order valence-corrected chi connectivity index (χ2v) is 3.76. The van der Waals surface area contributed by atoms with Gasteiger partial charge in [0.15, 0.2) is 0 Å². The maximum absolute atomic E-state index is 11.4. The summed E-state index contributed by atoms with van der Waals surface area (Å²) in [6, 6.07) is 7.94. The van der Waals surface area contributed by atoms with Crippen LogP contribution in [0.25, 0.3) is 0 Å². The van der Waals surface area contributed by atoms with Gasteiger partial charge >= 0.3 is 0 Å². The number of hydrogen-bond acceptors (Lipinski definition) is 3. The first-order valence-corrected chi connectivity index (χ1v) is 5.81. The zero-order valence-electron chi connectivity index (χ0n) is 10.5. The second-order valence-electron chi connectivity index (χ2n) is 3.76. The summed E-state index contributed by atoms with van der Waals surface area (Å²) < 4.78 is 5.12. The summed E-state index contributed by atoms with van der Waals surface area (Å²) in [5.74, 6) is 0.0130. The zero-order chi connectivity index (χ0) is 12.5. The van der Waals surface area contributed by atoms with Crippen molar-refractivity contribution < 1.29 is 9.53 Å². The minimum atomic E-state index is 0.0130. The average molecular weight is 236 g/mol. The van der Waals surface area contributed by atoms with Gasteiger partial charge in [0.05, 0.1) is 13.2 Å². The summed E-state index contributed by atoms with van der Waals surface area (Å²) in [4.78, 5) is 11.4. The van der Waals surface area contributed by atoms with Gasteiger partial charge in [-0.15, -0.1) is 0 Å². The Morgan fingerprint density at radius 3 is 2.65 bits per heavy atom. The van der Waals surface area contributed by atoms with Gasteiger partial charge in [-0.2, -0.15) is 0 Å². The van der Waals surface area contributed by atoms with Gasteiger partial charge in [-0.25, -0.2) is 0 Å². The normalized spacial score (nSPS) is 10.2. The maximum atomic E-state index is 11.4. The average Bonchev–Trinajstić information content (AvgIpc) is 2.35. The van der Waals surface area contributed by atoms with E-state index in [0.29, 0.717) is 19.7 Å². The third kappa shape index (κ3) is 4.97. The van der Waals surface area contributed by atoms with Crippen molar-refractivity contribution in [3.63, 3.8) is 0 Å². The van der Waals surface area contributed by atoms with Gasteiger partial charge < -0.3 is 15.4 Å². The quantitative estimate of drug-likeness (QED) is 0.744. The summed E-state index contributed by atoms with van der Waals surface area (Å²) in [6.45, 7) is 4.25. The lowest BCUT2D eigenvalue weighted by atomic mass is 10.1. The van der Waals surface area contributed by atoms with Gasteiger partial charge in [0.1, 0.15) is 0 Å². The molecule has 1 aromatic carbocycles. The third-order valence-electron chi connectivity index (χ3n) is 2.43. The predicted molar refractivity (Wildman–Crippen MR) is 67.5 cm³/mol. The van der Waals surface area contributed by atoms with Crippen LogP contribution in [0, 0.1) is 0 Å². The molecule has 1 amide bonds. The number of carbonyl (C=O) groups is 1. The maximum Gasteiger partial charge on any atom is 0.234 e. The highest BCUT2D eigenvalue weighted by Gasteiger charge is 2.03. The van der Waals surface area contributed by atoms with Crippen LogP contribution in [0.1, 0.15) is 18.1 Å². The molecule has 4 heteroatoms. The Balaban J connectivity index is 2.47. The van der Waals surface area contributed by atoms with Gasteiger partial charge in [-0.1, -0.05) is 31.2 Å². The Kier molecular flexibility index (Phi) is 6.29. The number of ether oxygens (including phenoxy) is 1. The van der Waals surface area contributed by atoms with E-state index < -0.39 is 0 Å². The SMILES string of the molecule is CCNCC(=O)NCc1ccccc1COC. The Labute approximate surface area is 102 Å². The van der Waals surface area contributed by atoms with Crippen LogP contribution >= 0.6 is 0 Å². The number of hydrogen-bond donors (Lipinski definition) is 2. The molecule has 94 valence electrons. The molecule has 0 bridgehead atoms. The van der Waals surface area contributed by atoms with E-state index in [1.165, 1.54) is 0 Å². The monoisotopic (exact) mass is 236 g/mol. The predicted octanol–water partition coefficient (Wildman–Crippen LogP) is 1.06. The van der Waals surface area contributed by atoms with Crippen LogP contribution in [0.4, 0.5) is 0 Å². The van der Waals surface area contributed by atoms with Gasteiger partial charge in [0.2, 0.25) is 5.91 Å². The molecule has 0 unspecified atom stereocenters. The van der Waals surface area contributed by atoms with E-state index in [1.54, 1.807) is 7.11 Å². The topological polar surface area (TPSA) is 50.4 Å². The first-order valence-electron chi connectivity index (χ1n) is 5.81. The molecule has 0 fully saturated rings. The number of rotatable bonds is 7. The molecule has 0 heterocycles. The Hall–Kier alpha value is -1.39. The van der Waals surface area contributed by atoms with Crippen LogP contribution in [-0.2, 0) is 22.7 Å². The molecule has 0 aliphatic heterocycles. The van der Waals surface area contributed by atoms with Crippen molar-refractivity contribution in [2.24, 2.45) is 0 Å². The highest BCUT2D eigenvalue weighted by molar-refractivity contribution is 5.77. The molecule has 0 aromatic heterocycles. The molecule has 1 rings (SSSR count). The van der Waals surface area contributed by atoms with Crippen LogP contribution in [0.3, 0.4) is 0 Å². The van der Waals surface area contributed by atoms with Crippen molar-refractivity contribution in [2.45, 2.75) is 20.1 Å². The van der Waals surface area contributed by atoms with Gasteiger partial charge in [-0.05, 0) is 17.7 Å². The summed E-state index contributed by atoms with van der Waals surface area (Å²) in [5.41, 5.74) is 2.21. The lowest BCUT2D eigenvalue weighted by Crippen LogP contribution is -2.33. The zero-order valence-corrected chi connectivity index (χ0v) is 10.5. The molecule has 0 spiro atoms. The first kappa shape index (κ1) is 13.7. The van der Waals surface area contributed by atoms with Crippen LogP contribution in [0.15, 0.2) is 24.3 Å². The number of amides is 1. The van der Waals surface area contributed by atoms with Crippen LogP contribution in [0.2, 0.25) is 0 Å². The first-order chi connectivity index (χ1) is 8.27. The fourth-order valence-corrected chi connectivity index (χ4v) is 1.52. The summed E-state index contributed by atoms with van der Waals surface area (Å²) in [6.07, 6.45) is 0. The fourth-order valence-electron chi connectivity index (χ4n) is 1.52. The van der Waals surface area contributed by atoms with E-state index in [9.17, 15) is 4.79 Å². The standard InChI is InChI=1S/C13H20N2O2/c1-3-14-9-13(16)15-8-11-6-4-5-7-12(11)10-17-2/h4-7,14H,3,8-10H2,1-2H3,(H,15,16). The van der Waals surface area contributed by atoms with Crippen LogP contribution in [0.5, 0.6) is 0 Å². The van der Waals surface area contributed by atoms with E-state index in [-0.39, 0.29) is 5.91 Å². The van der Waals surface area contributed by atoms with Crippen molar-refractivity contribution >= 4 is 5.91 Å². The van der Waals surface area contributed by atoms with E-state index in [4.69, 9.17) is 4.74 Å². The van der Waals surface area contributed by atoms with E-state index in [2.05, 4.69) is 10.6 Å². The van der Waals surface area contributed by atoms with Crippen molar-refractivity contribution in [3.8, 4) is 0 Å². The molecule has 0 atom stereocenters. The van der Waals surface area contributed by atoms with E-state index in [0.717, 1.165) is 17.7 Å². The highest BCUT2D eigenvalue weighted by atomic mass is 16.5. The molecule has 1 aromatic rings. The lowest BCUT2D eigenvalue weighted by Gasteiger charge is -2.10.